The molecule has 0 fully saturated rings. The molecule has 2 rings (SSSR count). The van der Waals surface area contributed by atoms with E-state index in [4.69, 9.17) is 4.74 Å². The predicted molar refractivity (Wildman–Crippen MR) is 61.4 cm³/mol. The molecule has 0 radical (unpaired) electrons. The van der Waals surface area contributed by atoms with E-state index < -0.39 is 4.92 Å². The van der Waals surface area contributed by atoms with Gasteiger partial charge in [-0.2, -0.15) is 0 Å². The molecule has 2 aromatic rings. The normalized spacial score (nSPS) is 10.8. The van der Waals surface area contributed by atoms with Crippen molar-refractivity contribution >= 4 is 16.7 Å². The van der Waals surface area contributed by atoms with E-state index >= 15 is 0 Å². The molecule has 0 saturated heterocycles. The van der Waals surface area contributed by atoms with Crippen LogP contribution in [0.2, 0.25) is 0 Å². The number of nitrogens with zero attached hydrogens (tertiary/aromatic N) is 3. The van der Waals surface area contributed by atoms with Crippen molar-refractivity contribution in [3.63, 3.8) is 0 Å². The highest BCUT2D eigenvalue weighted by Gasteiger charge is 2.18. The lowest BCUT2D eigenvalue weighted by molar-refractivity contribution is -0.384. The molecule has 0 saturated carbocycles. The number of imidazole rings is 1. The molecule has 0 aliphatic heterocycles. The molecule has 1 aromatic carbocycles. The summed E-state index contributed by atoms with van der Waals surface area (Å²) in [6.07, 6.45) is 0. The molecule has 0 bridgehead atoms. The van der Waals surface area contributed by atoms with Crippen molar-refractivity contribution in [2.45, 2.75) is 0 Å². The number of aryl methyl sites for hydroxylation is 2. The van der Waals surface area contributed by atoms with E-state index in [1.165, 1.54) is 28.4 Å². The first-order valence-corrected chi connectivity index (χ1v) is 4.85. The van der Waals surface area contributed by atoms with Crippen LogP contribution in [-0.4, -0.2) is 21.2 Å². The number of non-ortho nitro benzene ring substituents is 1. The van der Waals surface area contributed by atoms with Crippen molar-refractivity contribution < 1.29 is 9.66 Å². The Balaban J connectivity index is 2.98. The van der Waals surface area contributed by atoms with Crippen LogP contribution in [0, 0.1) is 10.1 Å². The quantitative estimate of drug-likeness (QED) is 0.571. The summed E-state index contributed by atoms with van der Waals surface area (Å²) in [7, 11) is 4.57. The fourth-order valence-electron chi connectivity index (χ4n) is 1.86. The molecule has 0 atom stereocenters. The number of hydrogen-bond acceptors (Lipinski definition) is 4. The third-order valence-corrected chi connectivity index (χ3v) is 2.74. The van der Waals surface area contributed by atoms with Crippen LogP contribution in [0.1, 0.15) is 0 Å². The van der Waals surface area contributed by atoms with Gasteiger partial charge >= 0.3 is 5.69 Å². The van der Waals surface area contributed by atoms with E-state index in [1.807, 2.05) is 0 Å². The number of fused-ring (bicyclic) bond motifs is 1. The number of hydrogen-bond donors (Lipinski definition) is 0. The zero-order valence-corrected chi connectivity index (χ0v) is 9.63. The molecule has 1 aromatic heterocycles. The van der Waals surface area contributed by atoms with Crippen molar-refractivity contribution in [3.8, 4) is 5.75 Å². The van der Waals surface area contributed by atoms with Gasteiger partial charge in [-0.3, -0.25) is 19.2 Å². The second-order valence-electron chi connectivity index (χ2n) is 3.67. The number of nitro benzene ring substituents is 1. The van der Waals surface area contributed by atoms with E-state index in [1.54, 1.807) is 14.1 Å². The summed E-state index contributed by atoms with van der Waals surface area (Å²) in [5.74, 6) is 0.314. The van der Waals surface area contributed by atoms with Gasteiger partial charge in [0, 0.05) is 20.2 Å². The van der Waals surface area contributed by atoms with E-state index in [-0.39, 0.29) is 11.4 Å². The van der Waals surface area contributed by atoms with Crippen LogP contribution in [0.25, 0.3) is 11.0 Å². The van der Waals surface area contributed by atoms with Crippen LogP contribution < -0.4 is 10.4 Å². The lowest BCUT2D eigenvalue weighted by atomic mass is 10.2. The number of methoxy groups -OCH3 is 1. The van der Waals surface area contributed by atoms with Crippen LogP contribution in [0.4, 0.5) is 5.69 Å². The van der Waals surface area contributed by atoms with Crippen molar-refractivity contribution in [3.05, 3.63) is 32.7 Å². The fourth-order valence-corrected chi connectivity index (χ4v) is 1.86. The van der Waals surface area contributed by atoms with Gasteiger partial charge in [0.1, 0.15) is 5.52 Å². The molecule has 0 aliphatic rings. The van der Waals surface area contributed by atoms with Gasteiger partial charge in [0.15, 0.2) is 5.75 Å². The lowest BCUT2D eigenvalue weighted by Crippen LogP contribution is -2.19. The highest BCUT2D eigenvalue weighted by molar-refractivity contribution is 5.85. The van der Waals surface area contributed by atoms with Crippen LogP contribution in [0.15, 0.2) is 16.9 Å². The summed E-state index contributed by atoms with van der Waals surface area (Å²) in [5.41, 5.74) is 0.670. The molecule has 1 heterocycles. The number of rotatable bonds is 2. The minimum atomic E-state index is -0.514. The standard InChI is InChI=1S/C10H11N3O4/c1-11-7-4-6(13(15)16)5-8(17-3)9(7)12(2)10(11)14/h4-5H,1-3H3. The van der Waals surface area contributed by atoms with Gasteiger partial charge in [0.25, 0.3) is 5.69 Å². The number of aromatic nitrogens is 2. The van der Waals surface area contributed by atoms with E-state index in [2.05, 4.69) is 0 Å². The largest absolute Gasteiger partial charge is 0.494 e. The Hall–Kier alpha value is -2.31. The van der Waals surface area contributed by atoms with Gasteiger partial charge < -0.3 is 4.74 Å². The van der Waals surface area contributed by atoms with Crippen LogP contribution in [0.3, 0.4) is 0 Å². The van der Waals surface area contributed by atoms with Crippen molar-refractivity contribution in [2.24, 2.45) is 14.1 Å². The van der Waals surface area contributed by atoms with Crippen LogP contribution in [0.5, 0.6) is 5.75 Å². The molecule has 7 heteroatoms. The molecule has 7 nitrogen and oxygen atoms in total. The van der Waals surface area contributed by atoms with Crippen LogP contribution >= 0.6 is 0 Å². The molecule has 17 heavy (non-hydrogen) atoms. The van der Waals surface area contributed by atoms with Crippen molar-refractivity contribution in [2.75, 3.05) is 7.11 Å². The zero-order chi connectivity index (χ0) is 12.7. The van der Waals surface area contributed by atoms with Crippen molar-refractivity contribution in [1.29, 1.82) is 0 Å². The minimum Gasteiger partial charge on any atom is -0.494 e. The molecule has 0 amide bonds. The first kappa shape index (κ1) is 11.2. The highest BCUT2D eigenvalue weighted by atomic mass is 16.6. The first-order chi connectivity index (χ1) is 7.97. The molecule has 90 valence electrons. The SMILES string of the molecule is COc1cc([N+](=O)[O-])cc2c1n(C)c(=O)n2C. The second kappa shape index (κ2) is 3.62. The van der Waals surface area contributed by atoms with E-state index in [0.29, 0.717) is 16.8 Å². The Labute approximate surface area is 96.0 Å². The van der Waals surface area contributed by atoms with Gasteiger partial charge in [0.05, 0.1) is 23.6 Å². The Bertz CT molecular complexity index is 668. The number of ether oxygens (including phenoxy) is 1. The summed E-state index contributed by atoms with van der Waals surface area (Å²) < 4.78 is 7.84. The predicted octanol–water partition coefficient (Wildman–Crippen LogP) is 0.794. The average molecular weight is 237 g/mol. The molecular weight excluding hydrogens is 226 g/mol. The number of nitro groups is 1. The molecule has 0 aliphatic carbocycles. The molecule has 0 N–H and O–H groups in total. The maximum absolute atomic E-state index is 11.7. The van der Waals surface area contributed by atoms with Gasteiger partial charge in [-0.05, 0) is 0 Å². The third kappa shape index (κ3) is 1.47. The lowest BCUT2D eigenvalue weighted by Gasteiger charge is -2.03. The maximum Gasteiger partial charge on any atom is 0.328 e. The van der Waals surface area contributed by atoms with Gasteiger partial charge in [-0.1, -0.05) is 0 Å². The van der Waals surface area contributed by atoms with Gasteiger partial charge in [0.2, 0.25) is 0 Å². The average Bonchev–Trinajstić information content (AvgIpc) is 2.53. The smallest absolute Gasteiger partial charge is 0.328 e. The fraction of sp³-hybridized carbons (Fsp3) is 0.300. The third-order valence-electron chi connectivity index (χ3n) is 2.74. The zero-order valence-electron chi connectivity index (χ0n) is 9.63. The minimum absolute atomic E-state index is 0.101. The molecule has 0 spiro atoms. The monoisotopic (exact) mass is 237 g/mol. The van der Waals surface area contributed by atoms with E-state index in [9.17, 15) is 14.9 Å². The van der Waals surface area contributed by atoms with Crippen LogP contribution in [-0.2, 0) is 14.1 Å². The molecular formula is C10H11N3O4. The Kier molecular flexibility index (Phi) is 2.38. The Morgan fingerprint density at radius 3 is 2.47 bits per heavy atom. The highest BCUT2D eigenvalue weighted by Crippen LogP contribution is 2.29. The number of benzene rings is 1. The van der Waals surface area contributed by atoms with Gasteiger partial charge in [-0.15, -0.1) is 0 Å². The summed E-state index contributed by atoms with van der Waals surface area (Å²) in [5, 5.41) is 10.8. The van der Waals surface area contributed by atoms with Crippen molar-refractivity contribution in [1.82, 2.24) is 9.13 Å². The summed E-state index contributed by atoms with van der Waals surface area (Å²) in [6, 6.07) is 2.67. The Morgan fingerprint density at radius 2 is 1.94 bits per heavy atom. The van der Waals surface area contributed by atoms with Gasteiger partial charge in [-0.25, -0.2) is 4.79 Å². The summed E-state index contributed by atoms with van der Waals surface area (Å²) in [6.45, 7) is 0. The summed E-state index contributed by atoms with van der Waals surface area (Å²) >= 11 is 0. The first-order valence-electron chi connectivity index (χ1n) is 4.85. The topological polar surface area (TPSA) is 79.3 Å². The summed E-state index contributed by atoms with van der Waals surface area (Å²) in [4.78, 5) is 22.0. The molecule has 0 unspecified atom stereocenters. The Morgan fingerprint density at radius 1 is 1.29 bits per heavy atom. The second-order valence-corrected chi connectivity index (χ2v) is 3.67. The van der Waals surface area contributed by atoms with E-state index in [0.717, 1.165) is 0 Å². The maximum atomic E-state index is 11.7.